The van der Waals surface area contributed by atoms with Crippen LogP contribution in [0.2, 0.25) is 0 Å². The van der Waals surface area contributed by atoms with Crippen molar-refractivity contribution in [3.63, 3.8) is 0 Å². The molecular weight excluding hydrogens is 258 g/mol. The molecule has 0 amide bonds. The van der Waals surface area contributed by atoms with Gasteiger partial charge in [-0.3, -0.25) is 4.98 Å². The molecule has 3 heteroatoms. The van der Waals surface area contributed by atoms with Crippen LogP contribution in [-0.2, 0) is 6.61 Å². The molecule has 19 heavy (non-hydrogen) atoms. The quantitative estimate of drug-likeness (QED) is 0.629. The van der Waals surface area contributed by atoms with Crippen molar-refractivity contribution in [3.8, 4) is 17.6 Å². The minimum atomic E-state index is 0.315. The van der Waals surface area contributed by atoms with E-state index in [1.54, 1.807) is 12.4 Å². The standard InChI is InChI=1S/C16H14ClNO/c1-13-6-7-16(15(10-13)5-2-8-17)19-12-14-4-3-9-18-11-14/h3-4,6-7,9-11H,8,12H2,1H3. The Kier molecular flexibility index (Phi) is 4.83. The predicted molar refractivity (Wildman–Crippen MR) is 77.3 cm³/mol. The lowest BCUT2D eigenvalue weighted by atomic mass is 10.1. The lowest BCUT2D eigenvalue weighted by Crippen LogP contribution is -1.98. The highest BCUT2D eigenvalue weighted by Crippen LogP contribution is 2.20. The maximum Gasteiger partial charge on any atom is 0.135 e. The summed E-state index contributed by atoms with van der Waals surface area (Å²) in [6.07, 6.45) is 3.53. The molecule has 96 valence electrons. The highest BCUT2D eigenvalue weighted by atomic mass is 35.5. The minimum absolute atomic E-state index is 0.315. The molecule has 0 bridgehead atoms. The first-order valence-electron chi connectivity index (χ1n) is 5.97. The SMILES string of the molecule is Cc1ccc(OCc2cccnc2)c(C#CCCl)c1. The van der Waals surface area contributed by atoms with Gasteiger partial charge in [0, 0.05) is 18.0 Å². The summed E-state index contributed by atoms with van der Waals surface area (Å²) < 4.78 is 5.79. The van der Waals surface area contributed by atoms with Crippen molar-refractivity contribution in [2.75, 3.05) is 5.88 Å². The van der Waals surface area contributed by atoms with E-state index in [4.69, 9.17) is 16.3 Å². The molecule has 0 atom stereocenters. The molecule has 0 unspecified atom stereocenters. The summed E-state index contributed by atoms with van der Waals surface area (Å²) >= 11 is 5.59. The van der Waals surface area contributed by atoms with Crippen LogP contribution in [0.15, 0.2) is 42.7 Å². The molecule has 0 radical (unpaired) electrons. The van der Waals surface area contributed by atoms with Crippen LogP contribution in [0.25, 0.3) is 0 Å². The molecule has 1 aromatic heterocycles. The van der Waals surface area contributed by atoms with Gasteiger partial charge in [0.1, 0.15) is 12.4 Å². The Labute approximate surface area is 118 Å². The van der Waals surface area contributed by atoms with Gasteiger partial charge in [-0.1, -0.05) is 24.0 Å². The first kappa shape index (κ1) is 13.5. The second-order valence-electron chi connectivity index (χ2n) is 4.08. The van der Waals surface area contributed by atoms with Crippen molar-refractivity contribution in [2.45, 2.75) is 13.5 Å². The summed E-state index contributed by atoms with van der Waals surface area (Å²) in [5.74, 6) is 6.96. The van der Waals surface area contributed by atoms with Crippen LogP contribution in [0.3, 0.4) is 0 Å². The van der Waals surface area contributed by atoms with E-state index in [2.05, 4.69) is 16.8 Å². The summed E-state index contributed by atoms with van der Waals surface area (Å²) in [5, 5.41) is 0. The summed E-state index contributed by atoms with van der Waals surface area (Å²) in [4.78, 5) is 4.06. The molecule has 2 nitrogen and oxygen atoms in total. The van der Waals surface area contributed by atoms with Crippen LogP contribution in [0.5, 0.6) is 5.75 Å². The second kappa shape index (κ2) is 6.82. The molecule has 0 fully saturated rings. The van der Waals surface area contributed by atoms with Gasteiger partial charge in [0.05, 0.1) is 11.4 Å². The fourth-order valence-electron chi connectivity index (χ4n) is 1.64. The van der Waals surface area contributed by atoms with Gasteiger partial charge in [0.15, 0.2) is 0 Å². The summed E-state index contributed by atoms with van der Waals surface area (Å²) in [5.41, 5.74) is 3.04. The number of hydrogen-bond acceptors (Lipinski definition) is 2. The van der Waals surface area contributed by atoms with E-state index in [9.17, 15) is 0 Å². The Hall–Kier alpha value is -1.98. The van der Waals surface area contributed by atoms with Crippen molar-refractivity contribution in [1.82, 2.24) is 4.98 Å². The number of hydrogen-bond donors (Lipinski definition) is 0. The number of ether oxygens (including phenoxy) is 1. The van der Waals surface area contributed by atoms with Crippen molar-refractivity contribution in [1.29, 1.82) is 0 Å². The molecule has 2 aromatic rings. The molecule has 0 aliphatic heterocycles. The molecule has 0 saturated heterocycles. The maximum absolute atomic E-state index is 5.79. The van der Waals surface area contributed by atoms with Crippen LogP contribution in [-0.4, -0.2) is 10.9 Å². The number of halogens is 1. The number of benzene rings is 1. The maximum atomic E-state index is 5.79. The summed E-state index contributed by atoms with van der Waals surface area (Å²) in [6, 6.07) is 9.81. The molecule has 0 N–H and O–H groups in total. The van der Waals surface area contributed by atoms with Crippen LogP contribution in [0.4, 0.5) is 0 Å². The minimum Gasteiger partial charge on any atom is -0.488 e. The van der Waals surface area contributed by atoms with Gasteiger partial charge in [0.25, 0.3) is 0 Å². The molecule has 1 heterocycles. The van der Waals surface area contributed by atoms with Crippen LogP contribution >= 0.6 is 11.6 Å². The molecule has 2 rings (SSSR count). The predicted octanol–water partition coefficient (Wildman–Crippen LogP) is 3.56. The number of pyridine rings is 1. The number of aryl methyl sites for hydroxylation is 1. The number of rotatable bonds is 3. The first-order valence-corrected chi connectivity index (χ1v) is 6.50. The fourth-order valence-corrected chi connectivity index (χ4v) is 1.71. The molecular formula is C16H14ClNO. The third kappa shape index (κ3) is 4.01. The zero-order chi connectivity index (χ0) is 13.5. The third-order valence-corrected chi connectivity index (χ3v) is 2.68. The zero-order valence-corrected chi connectivity index (χ0v) is 11.4. The van der Waals surface area contributed by atoms with Crippen molar-refractivity contribution < 1.29 is 4.74 Å². The Morgan fingerprint density at radius 3 is 2.95 bits per heavy atom. The molecule has 0 aliphatic rings. The molecule has 0 aliphatic carbocycles. The fraction of sp³-hybridized carbons (Fsp3) is 0.188. The normalized spacial score (nSPS) is 9.58. The van der Waals surface area contributed by atoms with Crippen molar-refractivity contribution in [3.05, 3.63) is 59.4 Å². The molecule has 1 aromatic carbocycles. The van der Waals surface area contributed by atoms with Gasteiger partial charge in [-0.15, -0.1) is 11.6 Å². The molecule has 0 saturated carbocycles. The lowest BCUT2D eigenvalue weighted by Gasteiger charge is -2.08. The highest BCUT2D eigenvalue weighted by molar-refractivity contribution is 6.19. The Morgan fingerprint density at radius 1 is 1.32 bits per heavy atom. The average Bonchev–Trinajstić information content (AvgIpc) is 2.45. The van der Waals surface area contributed by atoms with E-state index in [1.807, 2.05) is 37.3 Å². The third-order valence-electron chi connectivity index (χ3n) is 2.54. The van der Waals surface area contributed by atoms with Crippen molar-refractivity contribution in [2.24, 2.45) is 0 Å². The van der Waals surface area contributed by atoms with E-state index >= 15 is 0 Å². The topological polar surface area (TPSA) is 22.1 Å². The highest BCUT2D eigenvalue weighted by Gasteiger charge is 2.02. The monoisotopic (exact) mass is 271 g/mol. The second-order valence-corrected chi connectivity index (χ2v) is 4.35. The van der Waals surface area contributed by atoms with Gasteiger partial charge in [-0.2, -0.15) is 0 Å². The number of nitrogens with zero attached hydrogens (tertiary/aromatic N) is 1. The summed E-state index contributed by atoms with van der Waals surface area (Å²) in [7, 11) is 0. The van der Waals surface area contributed by atoms with E-state index in [0.29, 0.717) is 12.5 Å². The van der Waals surface area contributed by atoms with E-state index in [1.165, 1.54) is 0 Å². The van der Waals surface area contributed by atoms with Crippen LogP contribution in [0.1, 0.15) is 16.7 Å². The van der Waals surface area contributed by atoms with Gasteiger partial charge in [-0.25, -0.2) is 0 Å². The van der Waals surface area contributed by atoms with E-state index in [0.717, 1.165) is 22.4 Å². The zero-order valence-electron chi connectivity index (χ0n) is 10.7. The van der Waals surface area contributed by atoms with Crippen LogP contribution < -0.4 is 4.74 Å². The number of aromatic nitrogens is 1. The Bertz CT molecular complexity index is 599. The van der Waals surface area contributed by atoms with E-state index in [-0.39, 0.29) is 0 Å². The first-order chi connectivity index (χ1) is 9.29. The largest absolute Gasteiger partial charge is 0.488 e. The van der Waals surface area contributed by atoms with Gasteiger partial charge in [0.2, 0.25) is 0 Å². The number of alkyl halides is 1. The van der Waals surface area contributed by atoms with E-state index < -0.39 is 0 Å². The van der Waals surface area contributed by atoms with Crippen molar-refractivity contribution >= 4 is 11.6 Å². The average molecular weight is 272 g/mol. The lowest BCUT2D eigenvalue weighted by molar-refractivity contribution is 0.305. The van der Waals surface area contributed by atoms with Crippen LogP contribution in [0, 0.1) is 18.8 Å². The molecule has 0 spiro atoms. The van der Waals surface area contributed by atoms with Gasteiger partial charge < -0.3 is 4.74 Å². The summed E-state index contributed by atoms with van der Waals surface area (Å²) in [6.45, 7) is 2.50. The Morgan fingerprint density at radius 2 is 2.21 bits per heavy atom. The van der Waals surface area contributed by atoms with Gasteiger partial charge >= 0.3 is 0 Å². The Balaban J connectivity index is 2.15. The smallest absolute Gasteiger partial charge is 0.135 e. The van der Waals surface area contributed by atoms with Gasteiger partial charge in [-0.05, 0) is 30.7 Å².